The Bertz CT molecular complexity index is 921. The van der Waals surface area contributed by atoms with E-state index in [4.69, 9.17) is 4.74 Å². The lowest BCUT2D eigenvalue weighted by Crippen LogP contribution is -2.22. The smallest absolute Gasteiger partial charge is 0.235 e. The first-order valence-corrected chi connectivity index (χ1v) is 10.6. The van der Waals surface area contributed by atoms with Crippen LogP contribution in [0.1, 0.15) is 40.8 Å². The molecule has 0 saturated carbocycles. The molecule has 1 aliphatic heterocycles. The maximum Gasteiger partial charge on any atom is 0.235 e. The number of aromatic nitrogens is 1. The van der Waals surface area contributed by atoms with Gasteiger partial charge in [0, 0.05) is 17.2 Å². The van der Waals surface area contributed by atoms with Gasteiger partial charge in [0.25, 0.3) is 0 Å². The predicted molar refractivity (Wildman–Crippen MR) is 113 cm³/mol. The maximum absolute atomic E-state index is 12.7. The van der Waals surface area contributed by atoms with Crippen LogP contribution in [0.15, 0.2) is 23.1 Å². The van der Waals surface area contributed by atoms with E-state index in [-0.39, 0.29) is 12.0 Å². The zero-order valence-corrected chi connectivity index (χ0v) is 17.8. The summed E-state index contributed by atoms with van der Waals surface area (Å²) in [6.45, 7) is 9.46. The van der Waals surface area contributed by atoms with Crippen LogP contribution in [-0.2, 0) is 16.1 Å². The molecule has 1 fully saturated rings. The molecule has 0 radical (unpaired) electrons. The molecule has 1 amide bonds. The first-order chi connectivity index (χ1) is 13.4. The van der Waals surface area contributed by atoms with Crippen molar-refractivity contribution in [1.82, 2.24) is 4.57 Å². The minimum Gasteiger partial charge on any atom is -0.376 e. The van der Waals surface area contributed by atoms with E-state index in [9.17, 15) is 10.1 Å². The lowest BCUT2D eigenvalue weighted by molar-refractivity contribution is -0.113. The Labute approximate surface area is 171 Å². The summed E-state index contributed by atoms with van der Waals surface area (Å²) in [7, 11) is 0. The van der Waals surface area contributed by atoms with E-state index in [1.807, 2.05) is 32.3 Å². The van der Waals surface area contributed by atoms with Gasteiger partial charge in [0.15, 0.2) is 0 Å². The molecule has 0 spiro atoms. The second kappa shape index (κ2) is 8.85. The van der Waals surface area contributed by atoms with E-state index in [0.717, 1.165) is 41.2 Å². The minimum atomic E-state index is -0.103. The van der Waals surface area contributed by atoms with Gasteiger partial charge in [-0.1, -0.05) is 17.7 Å². The average Bonchev–Trinajstić information content (AvgIpc) is 3.25. The standard InChI is InChI=1S/C22H27N3O2S/c1-14-7-8-15(2)20(10-14)28-13-21(26)24-22-19(11-23)16(3)17(4)25(22)12-18-6-5-9-27-18/h7-8,10,18H,5-6,9,12-13H2,1-4H3,(H,24,26). The van der Waals surface area contributed by atoms with Crippen LogP contribution < -0.4 is 5.32 Å². The van der Waals surface area contributed by atoms with Gasteiger partial charge in [-0.15, -0.1) is 11.8 Å². The number of nitrogens with zero attached hydrogens (tertiary/aromatic N) is 2. The van der Waals surface area contributed by atoms with E-state index < -0.39 is 0 Å². The van der Waals surface area contributed by atoms with Gasteiger partial charge >= 0.3 is 0 Å². The minimum absolute atomic E-state index is 0.103. The number of thioether (sulfide) groups is 1. The lowest BCUT2D eigenvalue weighted by Gasteiger charge is -2.17. The number of anilines is 1. The van der Waals surface area contributed by atoms with Crippen molar-refractivity contribution in [2.75, 3.05) is 17.7 Å². The first kappa shape index (κ1) is 20.5. The summed E-state index contributed by atoms with van der Waals surface area (Å²) in [5.74, 6) is 0.798. The molecule has 1 aromatic carbocycles. The number of carbonyl (C=O) groups is 1. The molecule has 3 rings (SSSR count). The molecule has 5 nitrogen and oxygen atoms in total. The topological polar surface area (TPSA) is 67.0 Å². The summed E-state index contributed by atoms with van der Waals surface area (Å²) in [4.78, 5) is 13.8. The van der Waals surface area contributed by atoms with Gasteiger partial charge in [-0.05, 0) is 57.7 Å². The highest BCUT2D eigenvalue weighted by Crippen LogP contribution is 2.29. The van der Waals surface area contributed by atoms with Gasteiger partial charge in [-0.3, -0.25) is 4.79 Å². The van der Waals surface area contributed by atoms with Crippen LogP contribution >= 0.6 is 11.8 Å². The Morgan fingerprint density at radius 1 is 1.36 bits per heavy atom. The van der Waals surface area contributed by atoms with Gasteiger partial charge in [-0.25, -0.2) is 0 Å². The Morgan fingerprint density at radius 2 is 2.14 bits per heavy atom. The molecule has 6 heteroatoms. The highest BCUT2D eigenvalue weighted by atomic mass is 32.2. The third kappa shape index (κ3) is 4.43. The number of nitrogens with one attached hydrogen (secondary N) is 1. The van der Waals surface area contributed by atoms with Crippen molar-refractivity contribution in [1.29, 1.82) is 5.26 Å². The molecule has 0 bridgehead atoms. The van der Waals surface area contributed by atoms with Gasteiger partial charge in [0.05, 0.1) is 24.0 Å². The number of carbonyl (C=O) groups excluding carboxylic acids is 1. The highest BCUT2D eigenvalue weighted by Gasteiger charge is 2.24. The van der Waals surface area contributed by atoms with E-state index >= 15 is 0 Å². The Hall–Kier alpha value is -2.23. The van der Waals surface area contributed by atoms with E-state index in [1.54, 1.807) is 0 Å². The predicted octanol–water partition coefficient (Wildman–Crippen LogP) is 4.50. The van der Waals surface area contributed by atoms with Crippen molar-refractivity contribution in [3.8, 4) is 6.07 Å². The van der Waals surface area contributed by atoms with Crippen LogP contribution in [0.25, 0.3) is 0 Å². The fourth-order valence-electron chi connectivity index (χ4n) is 3.52. The second-order valence-corrected chi connectivity index (χ2v) is 8.41. The molecule has 1 unspecified atom stereocenters. The summed E-state index contributed by atoms with van der Waals surface area (Å²) in [5.41, 5.74) is 4.80. The number of rotatable bonds is 6. The number of amides is 1. The number of ether oxygens (including phenoxy) is 1. The number of benzene rings is 1. The summed E-state index contributed by atoms with van der Waals surface area (Å²) in [5, 5.41) is 12.6. The van der Waals surface area contributed by atoms with Crippen LogP contribution in [0.4, 0.5) is 5.82 Å². The van der Waals surface area contributed by atoms with Gasteiger partial charge in [0.2, 0.25) is 5.91 Å². The Kier molecular flexibility index (Phi) is 6.48. The third-order valence-corrected chi connectivity index (χ3v) is 6.47. The summed E-state index contributed by atoms with van der Waals surface area (Å²) in [6, 6.07) is 8.51. The molecule has 2 heterocycles. The van der Waals surface area contributed by atoms with E-state index in [1.165, 1.54) is 17.3 Å². The van der Waals surface area contributed by atoms with Crippen LogP contribution in [0.3, 0.4) is 0 Å². The van der Waals surface area contributed by atoms with E-state index in [0.29, 0.717) is 23.7 Å². The van der Waals surface area contributed by atoms with Crippen molar-refractivity contribution in [3.05, 3.63) is 46.1 Å². The quantitative estimate of drug-likeness (QED) is 0.729. The largest absolute Gasteiger partial charge is 0.376 e. The lowest BCUT2D eigenvalue weighted by atomic mass is 10.2. The van der Waals surface area contributed by atoms with Crippen molar-refractivity contribution in [3.63, 3.8) is 0 Å². The number of hydrogen-bond acceptors (Lipinski definition) is 4. The van der Waals surface area contributed by atoms with Crippen LogP contribution in [-0.4, -0.2) is 28.9 Å². The van der Waals surface area contributed by atoms with Crippen molar-refractivity contribution in [2.45, 2.75) is 58.1 Å². The van der Waals surface area contributed by atoms with Crippen LogP contribution in [0.5, 0.6) is 0 Å². The van der Waals surface area contributed by atoms with Crippen molar-refractivity contribution < 1.29 is 9.53 Å². The van der Waals surface area contributed by atoms with Gasteiger partial charge in [0.1, 0.15) is 11.9 Å². The second-order valence-electron chi connectivity index (χ2n) is 7.40. The number of aryl methyl sites for hydroxylation is 2. The molecule has 28 heavy (non-hydrogen) atoms. The van der Waals surface area contributed by atoms with Gasteiger partial charge < -0.3 is 14.6 Å². The summed E-state index contributed by atoms with van der Waals surface area (Å²) < 4.78 is 7.80. The molecule has 1 N–H and O–H groups in total. The number of hydrogen-bond donors (Lipinski definition) is 1. The Balaban J connectivity index is 1.76. The molecule has 1 atom stereocenters. The molecule has 1 aromatic heterocycles. The van der Waals surface area contributed by atoms with Gasteiger partial charge in [-0.2, -0.15) is 5.26 Å². The molecule has 2 aromatic rings. The molecular weight excluding hydrogens is 370 g/mol. The molecule has 148 valence electrons. The number of nitriles is 1. The molecular formula is C22H27N3O2S. The zero-order valence-electron chi connectivity index (χ0n) is 17.0. The highest BCUT2D eigenvalue weighted by molar-refractivity contribution is 8.00. The van der Waals surface area contributed by atoms with Crippen LogP contribution in [0, 0.1) is 39.0 Å². The fraction of sp³-hybridized carbons (Fsp3) is 0.455. The van der Waals surface area contributed by atoms with Crippen LogP contribution in [0.2, 0.25) is 0 Å². The molecule has 0 aliphatic carbocycles. The summed E-state index contributed by atoms with van der Waals surface area (Å²) in [6.07, 6.45) is 2.20. The normalized spacial score (nSPS) is 16.2. The van der Waals surface area contributed by atoms with E-state index in [2.05, 4.69) is 29.6 Å². The molecule has 1 saturated heterocycles. The molecule has 1 aliphatic rings. The fourth-order valence-corrected chi connectivity index (χ4v) is 4.45. The van der Waals surface area contributed by atoms with Crippen molar-refractivity contribution in [2.24, 2.45) is 0 Å². The van der Waals surface area contributed by atoms with Crippen molar-refractivity contribution >= 4 is 23.5 Å². The zero-order chi connectivity index (χ0) is 20.3. The average molecular weight is 398 g/mol. The Morgan fingerprint density at radius 3 is 2.82 bits per heavy atom. The first-order valence-electron chi connectivity index (χ1n) is 9.62. The third-order valence-electron chi connectivity index (χ3n) is 5.31. The summed E-state index contributed by atoms with van der Waals surface area (Å²) >= 11 is 1.52. The maximum atomic E-state index is 12.7. The monoisotopic (exact) mass is 397 g/mol. The SMILES string of the molecule is Cc1ccc(C)c(SCC(=O)Nc2c(C#N)c(C)c(C)n2CC2CCCO2)c1.